The second kappa shape index (κ2) is 4.93. The second-order valence-electron chi connectivity index (χ2n) is 5.94. The van der Waals surface area contributed by atoms with Gasteiger partial charge in [-0.2, -0.15) is 0 Å². The van der Waals surface area contributed by atoms with Crippen molar-refractivity contribution >= 4 is 10.8 Å². The number of fused-ring (bicyclic) bond motifs is 1. The summed E-state index contributed by atoms with van der Waals surface area (Å²) in [5.74, 6) is 0. The standard InChI is InChI=1S/C17H22N2/c1-13-10-19-11-14-9-15(5-6-16(13)14)17(12-18)7-3-2-4-8-17/h5-6,9-11H,2-4,7-8,12,18H2,1H3. The molecule has 100 valence electrons. The van der Waals surface area contributed by atoms with Crippen LogP contribution < -0.4 is 5.73 Å². The fourth-order valence-corrected chi connectivity index (χ4v) is 3.50. The molecule has 0 amide bonds. The highest BCUT2D eigenvalue weighted by Gasteiger charge is 2.32. The van der Waals surface area contributed by atoms with Crippen LogP contribution in [0.25, 0.3) is 10.8 Å². The molecule has 0 radical (unpaired) electrons. The summed E-state index contributed by atoms with van der Waals surface area (Å²) in [6.45, 7) is 2.88. The molecule has 2 N–H and O–H groups in total. The molecule has 0 saturated heterocycles. The molecule has 1 aromatic heterocycles. The molecule has 2 heteroatoms. The Morgan fingerprint density at radius 2 is 1.95 bits per heavy atom. The second-order valence-corrected chi connectivity index (χ2v) is 5.94. The van der Waals surface area contributed by atoms with Gasteiger partial charge in [0.05, 0.1) is 0 Å². The topological polar surface area (TPSA) is 38.9 Å². The molecule has 2 nitrogen and oxygen atoms in total. The van der Waals surface area contributed by atoms with E-state index < -0.39 is 0 Å². The summed E-state index contributed by atoms with van der Waals surface area (Å²) < 4.78 is 0. The highest BCUT2D eigenvalue weighted by Crippen LogP contribution is 2.39. The van der Waals surface area contributed by atoms with Crippen LogP contribution in [0.5, 0.6) is 0 Å². The van der Waals surface area contributed by atoms with Crippen molar-refractivity contribution in [3.63, 3.8) is 0 Å². The first kappa shape index (κ1) is 12.6. The first-order chi connectivity index (χ1) is 9.25. The third kappa shape index (κ3) is 2.14. The molecule has 1 heterocycles. The molecule has 0 unspecified atom stereocenters. The van der Waals surface area contributed by atoms with Crippen molar-refractivity contribution in [2.24, 2.45) is 5.73 Å². The van der Waals surface area contributed by atoms with Crippen molar-refractivity contribution < 1.29 is 0 Å². The number of hydrogen-bond donors (Lipinski definition) is 1. The SMILES string of the molecule is Cc1cncc2cc(C3(CN)CCCCC3)ccc12. The lowest BCUT2D eigenvalue weighted by atomic mass is 9.69. The lowest BCUT2D eigenvalue weighted by Gasteiger charge is -2.37. The van der Waals surface area contributed by atoms with Crippen LogP contribution in [0.1, 0.15) is 43.2 Å². The van der Waals surface area contributed by atoms with Crippen molar-refractivity contribution in [3.8, 4) is 0 Å². The van der Waals surface area contributed by atoms with Gasteiger partial charge in [-0.1, -0.05) is 31.4 Å². The van der Waals surface area contributed by atoms with Crippen LogP contribution in [0.15, 0.2) is 30.6 Å². The molecule has 1 aliphatic carbocycles. The zero-order valence-electron chi connectivity index (χ0n) is 11.7. The molecule has 1 saturated carbocycles. The number of hydrogen-bond acceptors (Lipinski definition) is 2. The van der Waals surface area contributed by atoms with Gasteiger partial charge < -0.3 is 5.73 Å². The molecule has 0 atom stereocenters. The Labute approximate surface area is 115 Å². The highest BCUT2D eigenvalue weighted by atomic mass is 14.6. The molecule has 1 aliphatic rings. The van der Waals surface area contributed by atoms with Gasteiger partial charge in [0.25, 0.3) is 0 Å². The predicted molar refractivity (Wildman–Crippen MR) is 80.3 cm³/mol. The van der Waals surface area contributed by atoms with Crippen molar-refractivity contribution in [1.29, 1.82) is 0 Å². The van der Waals surface area contributed by atoms with Gasteiger partial charge in [0.1, 0.15) is 0 Å². The van der Waals surface area contributed by atoms with E-state index in [1.54, 1.807) is 0 Å². The Balaban J connectivity index is 2.09. The van der Waals surface area contributed by atoms with E-state index in [1.165, 1.54) is 54.0 Å². The number of rotatable bonds is 2. The van der Waals surface area contributed by atoms with E-state index in [9.17, 15) is 0 Å². The van der Waals surface area contributed by atoms with Crippen LogP contribution in [0.2, 0.25) is 0 Å². The van der Waals surface area contributed by atoms with Gasteiger partial charge in [-0.05, 0) is 42.3 Å². The largest absolute Gasteiger partial charge is 0.330 e. The van der Waals surface area contributed by atoms with E-state index in [1.807, 2.05) is 12.4 Å². The van der Waals surface area contributed by atoms with Crippen LogP contribution in [-0.2, 0) is 5.41 Å². The Kier molecular flexibility index (Phi) is 3.28. The molecule has 19 heavy (non-hydrogen) atoms. The van der Waals surface area contributed by atoms with E-state index in [0.717, 1.165) is 6.54 Å². The molecule has 1 fully saturated rings. The quantitative estimate of drug-likeness (QED) is 0.887. The van der Waals surface area contributed by atoms with Crippen molar-refractivity contribution in [2.75, 3.05) is 6.54 Å². The van der Waals surface area contributed by atoms with Crippen LogP contribution in [0.4, 0.5) is 0 Å². The average molecular weight is 254 g/mol. The minimum atomic E-state index is 0.205. The first-order valence-electron chi connectivity index (χ1n) is 7.30. The zero-order chi connectivity index (χ0) is 13.3. The normalized spacial score (nSPS) is 18.6. The maximum atomic E-state index is 6.13. The van der Waals surface area contributed by atoms with Gasteiger partial charge >= 0.3 is 0 Å². The van der Waals surface area contributed by atoms with Crippen molar-refractivity contribution in [2.45, 2.75) is 44.4 Å². The fourth-order valence-electron chi connectivity index (χ4n) is 3.50. The third-order valence-electron chi connectivity index (χ3n) is 4.77. The van der Waals surface area contributed by atoms with Gasteiger partial charge in [0, 0.05) is 29.7 Å². The molecule has 1 aromatic carbocycles. The molecule has 0 bridgehead atoms. The van der Waals surface area contributed by atoms with Gasteiger partial charge in [-0.25, -0.2) is 0 Å². The fraction of sp³-hybridized carbons (Fsp3) is 0.471. The van der Waals surface area contributed by atoms with E-state index in [0.29, 0.717) is 0 Å². The van der Waals surface area contributed by atoms with Crippen LogP contribution in [0.3, 0.4) is 0 Å². The Bertz CT molecular complexity index is 583. The molecule has 2 aromatic rings. The number of benzene rings is 1. The first-order valence-corrected chi connectivity index (χ1v) is 7.30. The van der Waals surface area contributed by atoms with Gasteiger partial charge in [0.15, 0.2) is 0 Å². The summed E-state index contributed by atoms with van der Waals surface area (Å²) in [6, 6.07) is 6.84. The summed E-state index contributed by atoms with van der Waals surface area (Å²) in [6.07, 6.45) is 10.3. The highest BCUT2D eigenvalue weighted by molar-refractivity contribution is 5.85. The number of pyridine rings is 1. The minimum Gasteiger partial charge on any atom is -0.330 e. The summed E-state index contributed by atoms with van der Waals surface area (Å²) in [5, 5.41) is 2.55. The monoisotopic (exact) mass is 254 g/mol. The van der Waals surface area contributed by atoms with E-state index >= 15 is 0 Å². The summed E-state index contributed by atoms with van der Waals surface area (Å²) in [7, 11) is 0. The van der Waals surface area contributed by atoms with E-state index in [-0.39, 0.29) is 5.41 Å². The summed E-state index contributed by atoms with van der Waals surface area (Å²) in [5.41, 5.74) is 8.99. The van der Waals surface area contributed by atoms with Gasteiger partial charge in [0.2, 0.25) is 0 Å². The van der Waals surface area contributed by atoms with Crippen LogP contribution >= 0.6 is 0 Å². The zero-order valence-corrected chi connectivity index (χ0v) is 11.7. The predicted octanol–water partition coefficient (Wildman–Crippen LogP) is 3.70. The van der Waals surface area contributed by atoms with Gasteiger partial charge in [-0.3, -0.25) is 4.98 Å². The number of aromatic nitrogens is 1. The van der Waals surface area contributed by atoms with Crippen molar-refractivity contribution in [3.05, 3.63) is 41.7 Å². The lowest BCUT2D eigenvalue weighted by Crippen LogP contribution is -2.37. The van der Waals surface area contributed by atoms with Crippen molar-refractivity contribution in [1.82, 2.24) is 4.98 Å². The molecule has 0 aliphatic heterocycles. The van der Waals surface area contributed by atoms with E-state index in [4.69, 9.17) is 5.73 Å². The number of nitrogens with two attached hydrogens (primary N) is 1. The van der Waals surface area contributed by atoms with Crippen LogP contribution in [-0.4, -0.2) is 11.5 Å². The maximum absolute atomic E-state index is 6.13. The maximum Gasteiger partial charge on any atom is 0.0346 e. The third-order valence-corrected chi connectivity index (χ3v) is 4.77. The number of nitrogens with zero attached hydrogens (tertiary/aromatic N) is 1. The Hall–Kier alpha value is -1.41. The summed E-state index contributed by atoms with van der Waals surface area (Å²) in [4.78, 5) is 4.32. The Morgan fingerprint density at radius 3 is 2.68 bits per heavy atom. The molecular formula is C17H22N2. The minimum absolute atomic E-state index is 0.205. The average Bonchev–Trinajstić information content (AvgIpc) is 2.48. The van der Waals surface area contributed by atoms with E-state index in [2.05, 4.69) is 30.1 Å². The van der Waals surface area contributed by atoms with Gasteiger partial charge in [-0.15, -0.1) is 0 Å². The number of aryl methyl sites for hydroxylation is 1. The molecular weight excluding hydrogens is 232 g/mol. The molecule has 0 spiro atoms. The lowest BCUT2D eigenvalue weighted by molar-refractivity contribution is 0.301. The Morgan fingerprint density at radius 1 is 1.16 bits per heavy atom. The molecule has 3 rings (SSSR count). The van der Waals surface area contributed by atoms with Crippen LogP contribution in [0, 0.1) is 6.92 Å². The summed E-state index contributed by atoms with van der Waals surface area (Å²) >= 11 is 0. The smallest absolute Gasteiger partial charge is 0.0346 e.